The lowest BCUT2D eigenvalue weighted by atomic mass is 9.97. The largest absolute Gasteiger partial charge is 0.504 e. The first-order valence-electron chi connectivity index (χ1n) is 10.4. The van der Waals surface area contributed by atoms with Crippen molar-refractivity contribution in [3.63, 3.8) is 0 Å². The Bertz CT molecular complexity index is 876. The molecule has 1 aromatic rings. The van der Waals surface area contributed by atoms with Gasteiger partial charge in [0.1, 0.15) is 36.6 Å². The summed E-state index contributed by atoms with van der Waals surface area (Å²) < 4.78 is 21.1. The number of esters is 1. The molecule has 190 valence electrons. The Morgan fingerprint density at radius 3 is 2.32 bits per heavy atom. The molecule has 0 spiro atoms. The van der Waals surface area contributed by atoms with Gasteiger partial charge in [0.25, 0.3) is 0 Å². The van der Waals surface area contributed by atoms with Crippen LogP contribution in [0.25, 0.3) is 6.08 Å². The summed E-state index contributed by atoms with van der Waals surface area (Å²) in [5.41, 5.74) is 0.348. The second kappa shape index (κ2) is 10.9. The Kier molecular flexibility index (Phi) is 8.46. The molecule has 13 heteroatoms. The molecule has 0 amide bonds. The third kappa shape index (κ3) is 5.66. The molecule has 8 N–H and O–H groups in total. The van der Waals surface area contributed by atoms with E-state index in [0.29, 0.717) is 5.56 Å². The van der Waals surface area contributed by atoms with E-state index in [4.69, 9.17) is 18.9 Å². The van der Waals surface area contributed by atoms with Crippen molar-refractivity contribution >= 4 is 12.0 Å². The van der Waals surface area contributed by atoms with Gasteiger partial charge in [-0.05, 0) is 30.7 Å². The summed E-state index contributed by atoms with van der Waals surface area (Å²) in [7, 11) is 0. The zero-order chi connectivity index (χ0) is 25.2. The average molecular weight is 488 g/mol. The zero-order valence-electron chi connectivity index (χ0n) is 18.0. The van der Waals surface area contributed by atoms with Crippen molar-refractivity contribution in [2.24, 2.45) is 0 Å². The van der Waals surface area contributed by atoms with Gasteiger partial charge in [-0.2, -0.15) is 0 Å². The number of carbonyl (C=O) groups is 1. The third-order valence-electron chi connectivity index (χ3n) is 5.58. The number of aliphatic hydroxyl groups is 6. The van der Waals surface area contributed by atoms with Gasteiger partial charge in [-0.1, -0.05) is 6.07 Å². The number of hydrogen-bond acceptors (Lipinski definition) is 13. The van der Waals surface area contributed by atoms with Crippen molar-refractivity contribution in [2.75, 3.05) is 6.61 Å². The summed E-state index contributed by atoms with van der Waals surface area (Å²) >= 11 is 0. The number of benzene rings is 1. The summed E-state index contributed by atoms with van der Waals surface area (Å²) in [6, 6.07) is 3.81. The van der Waals surface area contributed by atoms with Gasteiger partial charge in [0.15, 0.2) is 30.2 Å². The first-order valence-corrected chi connectivity index (χ1v) is 10.4. The van der Waals surface area contributed by atoms with Crippen LogP contribution in [0.1, 0.15) is 12.5 Å². The monoisotopic (exact) mass is 488 g/mol. The molecule has 13 nitrogen and oxygen atoms in total. The highest BCUT2D eigenvalue weighted by Crippen LogP contribution is 2.30. The smallest absolute Gasteiger partial charge is 0.331 e. The Morgan fingerprint density at radius 1 is 0.971 bits per heavy atom. The van der Waals surface area contributed by atoms with E-state index in [1.807, 2.05) is 0 Å². The molecular formula is C21H28O13. The van der Waals surface area contributed by atoms with Crippen molar-refractivity contribution in [1.82, 2.24) is 0 Å². The molecule has 2 fully saturated rings. The highest BCUT2D eigenvalue weighted by atomic mass is 16.7. The van der Waals surface area contributed by atoms with Crippen LogP contribution in [-0.2, 0) is 23.7 Å². The van der Waals surface area contributed by atoms with Crippen LogP contribution >= 0.6 is 0 Å². The van der Waals surface area contributed by atoms with Crippen LogP contribution in [0.4, 0.5) is 0 Å². The zero-order valence-corrected chi connectivity index (χ0v) is 18.0. The van der Waals surface area contributed by atoms with Crippen LogP contribution in [0.3, 0.4) is 0 Å². The van der Waals surface area contributed by atoms with E-state index in [-0.39, 0.29) is 5.75 Å². The quantitative estimate of drug-likeness (QED) is 0.116. The predicted molar refractivity (Wildman–Crippen MR) is 110 cm³/mol. The molecule has 3 rings (SSSR count). The minimum atomic E-state index is -1.83. The molecule has 2 aliphatic rings. The van der Waals surface area contributed by atoms with Crippen LogP contribution < -0.4 is 0 Å². The van der Waals surface area contributed by atoms with Gasteiger partial charge < -0.3 is 59.8 Å². The maximum Gasteiger partial charge on any atom is 0.331 e. The fourth-order valence-corrected chi connectivity index (χ4v) is 3.61. The molecule has 1 aromatic carbocycles. The van der Waals surface area contributed by atoms with Gasteiger partial charge in [-0.3, -0.25) is 0 Å². The number of aromatic hydroxyl groups is 2. The molecule has 10 atom stereocenters. The van der Waals surface area contributed by atoms with Crippen LogP contribution in [0, 0.1) is 0 Å². The molecule has 0 bridgehead atoms. The number of ether oxygens (including phenoxy) is 4. The Labute approximate surface area is 193 Å². The van der Waals surface area contributed by atoms with Crippen molar-refractivity contribution in [3.05, 3.63) is 29.8 Å². The van der Waals surface area contributed by atoms with E-state index >= 15 is 0 Å². The summed E-state index contributed by atoms with van der Waals surface area (Å²) in [5, 5.41) is 79.2. The maximum absolute atomic E-state index is 12.3. The topological polar surface area (TPSA) is 216 Å². The van der Waals surface area contributed by atoms with E-state index < -0.39 is 79.7 Å². The number of hydrogen-bond donors (Lipinski definition) is 8. The minimum absolute atomic E-state index is 0.346. The fraction of sp³-hybridized carbons (Fsp3) is 0.571. The number of carbonyl (C=O) groups excluding carboxylic acids is 1. The molecule has 0 saturated carbocycles. The molecule has 0 aliphatic carbocycles. The van der Waals surface area contributed by atoms with Gasteiger partial charge in [-0.15, -0.1) is 0 Å². The molecule has 2 heterocycles. The van der Waals surface area contributed by atoms with Crippen molar-refractivity contribution in [2.45, 2.75) is 68.3 Å². The number of phenols is 2. The SMILES string of the molecule is C[C@@H]1O[C@@H](O[C@@H]2[C@@H](O)[C@H](OC(=O)/C=C/c3ccc(O)c(O)c3)[C@@H](CO)O[C@H]2O)[C@H](O)[C@H](O)[C@H]1O. The molecule has 0 aromatic heterocycles. The normalized spacial score (nSPS) is 38.7. The Hall–Kier alpha value is -2.33. The highest BCUT2D eigenvalue weighted by Gasteiger charge is 2.51. The second-order valence-electron chi connectivity index (χ2n) is 8.00. The van der Waals surface area contributed by atoms with Gasteiger partial charge >= 0.3 is 5.97 Å². The first kappa shape index (κ1) is 26.3. The maximum atomic E-state index is 12.3. The van der Waals surface area contributed by atoms with Gasteiger partial charge in [-0.25, -0.2) is 4.79 Å². The second-order valence-corrected chi connectivity index (χ2v) is 8.00. The number of rotatable bonds is 6. The first-order chi connectivity index (χ1) is 16.0. The summed E-state index contributed by atoms with van der Waals surface area (Å²) in [5.74, 6) is -1.73. The predicted octanol–water partition coefficient (Wildman–Crippen LogP) is -2.69. The van der Waals surface area contributed by atoms with E-state index in [1.165, 1.54) is 31.2 Å². The Morgan fingerprint density at radius 2 is 1.68 bits per heavy atom. The van der Waals surface area contributed by atoms with E-state index in [9.17, 15) is 45.6 Å². The number of phenolic OH excluding ortho intramolecular Hbond substituents is 2. The van der Waals surface area contributed by atoms with Crippen LogP contribution in [-0.4, -0.2) is 115 Å². The van der Waals surface area contributed by atoms with Crippen molar-refractivity contribution < 1.29 is 64.6 Å². The van der Waals surface area contributed by atoms with Gasteiger partial charge in [0, 0.05) is 6.08 Å². The lowest BCUT2D eigenvalue weighted by Gasteiger charge is -2.45. The molecule has 2 aliphatic heterocycles. The van der Waals surface area contributed by atoms with E-state index in [2.05, 4.69) is 0 Å². The van der Waals surface area contributed by atoms with Crippen LogP contribution in [0.15, 0.2) is 24.3 Å². The standard InChI is InChI=1S/C21H28O13/c1-8-14(26)15(27)16(28)21(31-8)34-19-17(29)18(12(7-22)32-20(19)30)33-13(25)5-3-9-2-4-10(23)11(24)6-9/h2-6,8,12,14-24,26-30H,7H2,1H3/b5-3+/t8-,12+,14-,15+,16+,17-,18+,19+,20+,21-/m0/s1. The summed E-state index contributed by atoms with van der Waals surface area (Å²) in [6.45, 7) is 0.672. The van der Waals surface area contributed by atoms with Crippen LogP contribution in [0.5, 0.6) is 11.5 Å². The average Bonchev–Trinajstić information content (AvgIpc) is 2.80. The van der Waals surface area contributed by atoms with Gasteiger partial charge in [0.05, 0.1) is 12.7 Å². The summed E-state index contributed by atoms with van der Waals surface area (Å²) in [4.78, 5) is 12.3. The van der Waals surface area contributed by atoms with Gasteiger partial charge in [0.2, 0.25) is 0 Å². The minimum Gasteiger partial charge on any atom is -0.504 e. The lowest BCUT2D eigenvalue weighted by Crippen LogP contribution is -2.64. The summed E-state index contributed by atoms with van der Waals surface area (Å²) in [6.07, 6.45) is -13.1. The molecule has 0 radical (unpaired) electrons. The number of aliphatic hydroxyl groups excluding tert-OH is 6. The third-order valence-corrected chi connectivity index (χ3v) is 5.58. The van der Waals surface area contributed by atoms with E-state index in [1.54, 1.807) is 0 Å². The molecular weight excluding hydrogens is 460 g/mol. The molecule has 2 saturated heterocycles. The fourth-order valence-electron chi connectivity index (χ4n) is 3.61. The molecule has 34 heavy (non-hydrogen) atoms. The Balaban J connectivity index is 1.70. The van der Waals surface area contributed by atoms with Crippen molar-refractivity contribution in [1.29, 1.82) is 0 Å². The highest BCUT2D eigenvalue weighted by molar-refractivity contribution is 5.87. The van der Waals surface area contributed by atoms with Crippen molar-refractivity contribution in [3.8, 4) is 11.5 Å². The van der Waals surface area contributed by atoms with Crippen LogP contribution in [0.2, 0.25) is 0 Å². The van der Waals surface area contributed by atoms with E-state index in [0.717, 1.165) is 6.08 Å². The lowest BCUT2D eigenvalue weighted by molar-refractivity contribution is -0.358. The molecule has 0 unspecified atom stereocenters.